The first-order valence-corrected chi connectivity index (χ1v) is 6.59. The van der Waals surface area contributed by atoms with Gasteiger partial charge in [0.15, 0.2) is 0 Å². The predicted molar refractivity (Wildman–Crippen MR) is 70.5 cm³/mol. The van der Waals surface area contributed by atoms with Crippen LogP contribution >= 0.6 is 0 Å². The monoisotopic (exact) mass is 250 g/mol. The number of hydrogen-bond acceptors (Lipinski definition) is 4. The Hall–Kier alpha value is -1.13. The molecule has 1 aliphatic heterocycles. The van der Waals surface area contributed by atoms with Crippen molar-refractivity contribution in [3.05, 3.63) is 23.9 Å². The molecule has 0 radical (unpaired) electrons. The Balaban J connectivity index is 2.09. The van der Waals surface area contributed by atoms with Gasteiger partial charge >= 0.3 is 0 Å². The summed E-state index contributed by atoms with van der Waals surface area (Å²) in [5, 5.41) is 0. The molecule has 2 N–H and O–H groups in total. The van der Waals surface area contributed by atoms with Gasteiger partial charge in [-0.1, -0.05) is 6.07 Å². The molecule has 3 unspecified atom stereocenters. The number of pyridine rings is 1. The number of hydrogen-bond donors (Lipinski definition) is 1. The molecule has 0 saturated carbocycles. The molecule has 2 heterocycles. The third-order valence-corrected chi connectivity index (χ3v) is 3.22. The Morgan fingerprint density at radius 1 is 1.39 bits per heavy atom. The van der Waals surface area contributed by atoms with Gasteiger partial charge in [0.2, 0.25) is 5.88 Å². The summed E-state index contributed by atoms with van der Waals surface area (Å²) >= 11 is 0. The Bertz CT molecular complexity index is 385. The largest absolute Gasteiger partial charge is 0.474 e. The van der Waals surface area contributed by atoms with Gasteiger partial charge in [-0.05, 0) is 26.8 Å². The van der Waals surface area contributed by atoms with Crippen LogP contribution in [0, 0.1) is 0 Å². The number of nitrogens with zero attached hydrogens (tertiary/aromatic N) is 1. The minimum Gasteiger partial charge on any atom is -0.474 e. The fourth-order valence-corrected chi connectivity index (χ4v) is 2.45. The third-order valence-electron chi connectivity index (χ3n) is 3.22. The molecule has 3 atom stereocenters. The first kappa shape index (κ1) is 13.3. The second-order valence-corrected chi connectivity index (χ2v) is 5.16. The van der Waals surface area contributed by atoms with Gasteiger partial charge in [-0.15, -0.1) is 0 Å². The molecule has 1 saturated heterocycles. The van der Waals surface area contributed by atoms with Gasteiger partial charge < -0.3 is 15.2 Å². The van der Waals surface area contributed by atoms with Crippen molar-refractivity contribution in [2.75, 3.05) is 0 Å². The Morgan fingerprint density at radius 2 is 2.06 bits per heavy atom. The minimum absolute atomic E-state index is 0.0663. The van der Waals surface area contributed by atoms with Crippen LogP contribution < -0.4 is 10.5 Å². The topological polar surface area (TPSA) is 57.4 Å². The number of nitrogens with two attached hydrogens (primary N) is 1. The Morgan fingerprint density at radius 3 is 2.67 bits per heavy atom. The van der Waals surface area contributed by atoms with Gasteiger partial charge in [-0.25, -0.2) is 4.98 Å². The highest BCUT2D eigenvalue weighted by molar-refractivity contribution is 5.28. The fourth-order valence-electron chi connectivity index (χ4n) is 2.45. The van der Waals surface area contributed by atoms with E-state index < -0.39 is 0 Å². The van der Waals surface area contributed by atoms with E-state index in [1.165, 1.54) is 0 Å². The van der Waals surface area contributed by atoms with Gasteiger partial charge in [0.05, 0.1) is 12.2 Å². The van der Waals surface area contributed by atoms with Crippen LogP contribution in [0.25, 0.3) is 0 Å². The molecule has 4 nitrogen and oxygen atoms in total. The van der Waals surface area contributed by atoms with Crippen LogP contribution in [0.2, 0.25) is 0 Å². The van der Waals surface area contributed by atoms with E-state index in [-0.39, 0.29) is 24.4 Å². The molecule has 100 valence electrons. The highest BCUT2D eigenvalue weighted by atomic mass is 16.5. The van der Waals surface area contributed by atoms with E-state index in [0.717, 1.165) is 18.4 Å². The van der Waals surface area contributed by atoms with Crippen LogP contribution in [0.4, 0.5) is 0 Å². The van der Waals surface area contributed by atoms with Crippen molar-refractivity contribution in [2.24, 2.45) is 5.73 Å². The van der Waals surface area contributed by atoms with E-state index in [4.69, 9.17) is 15.2 Å². The van der Waals surface area contributed by atoms with Crippen molar-refractivity contribution in [1.29, 1.82) is 0 Å². The molecule has 1 aromatic heterocycles. The molecular weight excluding hydrogens is 228 g/mol. The SMILES string of the molecule is CC1CC(Oc2ncccc2C(C)N)CC(C)O1. The normalized spacial score (nSPS) is 29.9. The zero-order valence-electron chi connectivity index (χ0n) is 11.3. The van der Waals surface area contributed by atoms with Crippen molar-refractivity contribution in [2.45, 2.75) is 58.0 Å². The Kier molecular flexibility index (Phi) is 4.19. The molecule has 1 fully saturated rings. The van der Waals surface area contributed by atoms with Gasteiger partial charge in [0.1, 0.15) is 6.10 Å². The summed E-state index contributed by atoms with van der Waals surface area (Å²) in [5.74, 6) is 0.666. The lowest BCUT2D eigenvalue weighted by molar-refractivity contribution is -0.0731. The highest BCUT2D eigenvalue weighted by Crippen LogP contribution is 2.27. The second-order valence-electron chi connectivity index (χ2n) is 5.16. The lowest BCUT2D eigenvalue weighted by Gasteiger charge is -2.32. The number of ether oxygens (including phenoxy) is 2. The van der Waals surface area contributed by atoms with Crippen LogP contribution in [0.3, 0.4) is 0 Å². The van der Waals surface area contributed by atoms with Gasteiger partial charge in [-0.2, -0.15) is 0 Å². The zero-order chi connectivity index (χ0) is 13.1. The average Bonchev–Trinajstić information content (AvgIpc) is 2.27. The molecule has 0 spiro atoms. The maximum absolute atomic E-state index is 6.02. The van der Waals surface area contributed by atoms with Crippen LogP contribution in [-0.4, -0.2) is 23.3 Å². The van der Waals surface area contributed by atoms with E-state index in [9.17, 15) is 0 Å². The predicted octanol–water partition coefficient (Wildman–Crippen LogP) is 2.44. The summed E-state index contributed by atoms with van der Waals surface area (Å²) in [6, 6.07) is 3.79. The third kappa shape index (κ3) is 3.21. The van der Waals surface area contributed by atoms with E-state index in [2.05, 4.69) is 18.8 Å². The summed E-state index contributed by atoms with van der Waals surface area (Å²) < 4.78 is 11.7. The minimum atomic E-state index is -0.0663. The summed E-state index contributed by atoms with van der Waals surface area (Å²) in [5.41, 5.74) is 6.89. The fraction of sp³-hybridized carbons (Fsp3) is 0.643. The first-order chi connectivity index (χ1) is 8.56. The average molecular weight is 250 g/mol. The van der Waals surface area contributed by atoms with Gasteiger partial charge in [-0.3, -0.25) is 0 Å². The van der Waals surface area contributed by atoms with Crippen LogP contribution in [-0.2, 0) is 4.74 Å². The molecular formula is C14H22N2O2. The van der Waals surface area contributed by atoms with Crippen molar-refractivity contribution in [3.63, 3.8) is 0 Å². The summed E-state index contributed by atoms with van der Waals surface area (Å²) in [6.07, 6.45) is 4.19. The van der Waals surface area contributed by atoms with E-state index >= 15 is 0 Å². The zero-order valence-corrected chi connectivity index (χ0v) is 11.3. The van der Waals surface area contributed by atoms with Crippen molar-refractivity contribution < 1.29 is 9.47 Å². The van der Waals surface area contributed by atoms with Crippen molar-refractivity contribution >= 4 is 0 Å². The lowest BCUT2D eigenvalue weighted by atomic mass is 10.0. The van der Waals surface area contributed by atoms with E-state index in [1.54, 1.807) is 6.20 Å². The van der Waals surface area contributed by atoms with Crippen LogP contribution in [0.15, 0.2) is 18.3 Å². The first-order valence-electron chi connectivity index (χ1n) is 6.59. The Labute approximate surface area is 108 Å². The quantitative estimate of drug-likeness (QED) is 0.895. The molecule has 18 heavy (non-hydrogen) atoms. The van der Waals surface area contributed by atoms with Gasteiger partial charge in [0.25, 0.3) is 0 Å². The summed E-state index contributed by atoms with van der Waals surface area (Å²) in [7, 11) is 0. The van der Waals surface area contributed by atoms with Crippen LogP contribution in [0.5, 0.6) is 5.88 Å². The molecule has 1 aliphatic rings. The van der Waals surface area contributed by atoms with E-state index in [1.807, 2.05) is 19.1 Å². The number of aromatic nitrogens is 1. The van der Waals surface area contributed by atoms with Crippen LogP contribution in [0.1, 0.15) is 45.2 Å². The van der Waals surface area contributed by atoms with Crippen molar-refractivity contribution in [3.8, 4) is 5.88 Å². The second kappa shape index (κ2) is 5.67. The molecule has 2 rings (SSSR count). The van der Waals surface area contributed by atoms with Crippen molar-refractivity contribution in [1.82, 2.24) is 4.98 Å². The van der Waals surface area contributed by atoms with E-state index in [0.29, 0.717) is 5.88 Å². The molecule has 4 heteroatoms. The molecule has 0 aromatic carbocycles. The highest BCUT2D eigenvalue weighted by Gasteiger charge is 2.26. The molecule has 0 amide bonds. The summed E-state index contributed by atoms with van der Waals surface area (Å²) in [4.78, 5) is 4.30. The number of rotatable bonds is 3. The maximum atomic E-state index is 6.02. The maximum Gasteiger partial charge on any atom is 0.218 e. The molecule has 0 aliphatic carbocycles. The van der Waals surface area contributed by atoms with Gasteiger partial charge in [0, 0.05) is 30.6 Å². The molecule has 0 bridgehead atoms. The summed E-state index contributed by atoms with van der Waals surface area (Å²) in [6.45, 7) is 6.10. The lowest BCUT2D eigenvalue weighted by Crippen LogP contribution is -2.36. The smallest absolute Gasteiger partial charge is 0.218 e. The molecule has 1 aromatic rings. The standard InChI is InChI=1S/C14H22N2O2/c1-9-7-12(8-10(2)17-9)18-14-13(11(3)15)5-4-6-16-14/h4-6,9-12H,7-8,15H2,1-3H3.